The molecular formula is C13H18N2O2S. The van der Waals surface area contributed by atoms with E-state index in [2.05, 4.69) is 5.32 Å². The Morgan fingerprint density at radius 1 is 1.33 bits per heavy atom. The standard InChI is InChI=1S/C13H18N2O2S/c1-8(2)11(12(16)15-13(14)17)18-10-6-4-5-9(3)7-10/h4-8,11H,1-3H3,(H3,14,15,16,17)/t11-/m0/s1. The molecule has 0 radical (unpaired) electrons. The highest BCUT2D eigenvalue weighted by Crippen LogP contribution is 2.28. The minimum absolute atomic E-state index is 0.106. The monoisotopic (exact) mass is 266 g/mol. The fourth-order valence-electron chi connectivity index (χ4n) is 1.52. The van der Waals surface area contributed by atoms with Crippen LogP contribution < -0.4 is 11.1 Å². The highest BCUT2D eigenvalue weighted by atomic mass is 32.2. The van der Waals surface area contributed by atoms with Crippen LogP contribution in [0.2, 0.25) is 0 Å². The third-order valence-electron chi connectivity index (χ3n) is 2.36. The molecular weight excluding hydrogens is 248 g/mol. The molecule has 0 heterocycles. The second-order valence-corrected chi connectivity index (χ2v) is 5.67. The average Bonchev–Trinajstić information content (AvgIpc) is 2.24. The van der Waals surface area contributed by atoms with Crippen molar-refractivity contribution in [1.29, 1.82) is 0 Å². The summed E-state index contributed by atoms with van der Waals surface area (Å²) in [5.41, 5.74) is 6.11. The predicted molar refractivity (Wildman–Crippen MR) is 73.4 cm³/mol. The summed E-state index contributed by atoms with van der Waals surface area (Å²) >= 11 is 1.44. The fraction of sp³-hybridized carbons (Fsp3) is 0.385. The SMILES string of the molecule is Cc1cccc(S[C@H](C(=O)NC(N)=O)C(C)C)c1. The first-order chi connectivity index (χ1) is 8.40. The summed E-state index contributed by atoms with van der Waals surface area (Å²) in [6, 6.07) is 7.09. The Labute approximate surface area is 111 Å². The van der Waals surface area contributed by atoms with Crippen LogP contribution in [0.4, 0.5) is 4.79 Å². The molecule has 5 heteroatoms. The largest absolute Gasteiger partial charge is 0.351 e. The van der Waals surface area contributed by atoms with Crippen molar-refractivity contribution in [3.63, 3.8) is 0 Å². The second kappa shape index (κ2) is 6.44. The molecule has 98 valence electrons. The molecule has 0 saturated heterocycles. The van der Waals surface area contributed by atoms with E-state index in [1.54, 1.807) is 0 Å². The molecule has 0 fully saturated rings. The Bertz CT molecular complexity index is 446. The number of imide groups is 1. The maximum absolute atomic E-state index is 11.9. The van der Waals surface area contributed by atoms with Crippen molar-refractivity contribution in [2.75, 3.05) is 0 Å². The summed E-state index contributed by atoms with van der Waals surface area (Å²) < 4.78 is 0. The van der Waals surface area contributed by atoms with E-state index in [-0.39, 0.29) is 17.1 Å². The zero-order chi connectivity index (χ0) is 13.7. The van der Waals surface area contributed by atoms with Crippen LogP contribution in [0.25, 0.3) is 0 Å². The molecule has 1 aromatic rings. The van der Waals surface area contributed by atoms with E-state index in [1.165, 1.54) is 11.8 Å². The number of hydrogen-bond acceptors (Lipinski definition) is 3. The normalized spacial score (nSPS) is 12.2. The van der Waals surface area contributed by atoms with Gasteiger partial charge in [-0.25, -0.2) is 4.79 Å². The number of amides is 3. The predicted octanol–water partition coefficient (Wildman–Crippen LogP) is 2.31. The lowest BCUT2D eigenvalue weighted by atomic mass is 10.1. The van der Waals surface area contributed by atoms with Gasteiger partial charge in [0.15, 0.2) is 0 Å². The van der Waals surface area contributed by atoms with E-state index >= 15 is 0 Å². The molecule has 0 bridgehead atoms. The Morgan fingerprint density at radius 2 is 2.00 bits per heavy atom. The Kier molecular flexibility index (Phi) is 5.22. The van der Waals surface area contributed by atoms with Gasteiger partial charge < -0.3 is 5.73 Å². The van der Waals surface area contributed by atoms with Gasteiger partial charge in [-0.3, -0.25) is 10.1 Å². The third-order valence-corrected chi connectivity index (χ3v) is 3.90. The smallest absolute Gasteiger partial charge is 0.318 e. The molecule has 3 N–H and O–H groups in total. The van der Waals surface area contributed by atoms with Crippen LogP contribution in [0.1, 0.15) is 19.4 Å². The maximum atomic E-state index is 11.9. The summed E-state index contributed by atoms with van der Waals surface area (Å²) in [4.78, 5) is 23.6. The van der Waals surface area contributed by atoms with Gasteiger partial charge in [0, 0.05) is 4.90 Å². The average molecular weight is 266 g/mol. The molecule has 0 spiro atoms. The Morgan fingerprint density at radius 3 is 2.50 bits per heavy atom. The number of benzene rings is 1. The number of primary amides is 1. The van der Waals surface area contributed by atoms with Gasteiger partial charge in [0.2, 0.25) is 5.91 Å². The molecule has 0 aromatic heterocycles. The molecule has 18 heavy (non-hydrogen) atoms. The number of carbonyl (C=O) groups is 2. The third kappa shape index (κ3) is 4.41. The van der Waals surface area contributed by atoms with Gasteiger partial charge >= 0.3 is 6.03 Å². The molecule has 0 aliphatic rings. The topological polar surface area (TPSA) is 72.2 Å². The van der Waals surface area contributed by atoms with Crippen LogP contribution in [0, 0.1) is 12.8 Å². The van der Waals surface area contributed by atoms with Crippen LogP contribution in [0.3, 0.4) is 0 Å². The van der Waals surface area contributed by atoms with Crippen molar-refractivity contribution in [1.82, 2.24) is 5.32 Å². The molecule has 0 aliphatic heterocycles. The van der Waals surface area contributed by atoms with Crippen LogP contribution in [-0.4, -0.2) is 17.2 Å². The molecule has 0 saturated carbocycles. The fourth-order valence-corrected chi connectivity index (χ4v) is 2.66. The van der Waals surface area contributed by atoms with Gasteiger partial charge in [-0.2, -0.15) is 0 Å². The first-order valence-electron chi connectivity index (χ1n) is 5.73. The zero-order valence-corrected chi connectivity index (χ0v) is 11.6. The van der Waals surface area contributed by atoms with Gasteiger partial charge in [0.25, 0.3) is 0 Å². The van der Waals surface area contributed by atoms with Crippen LogP contribution in [0.5, 0.6) is 0 Å². The van der Waals surface area contributed by atoms with E-state index in [0.717, 1.165) is 10.5 Å². The summed E-state index contributed by atoms with van der Waals surface area (Å²) in [5.74, 6) is -0.237. The van der Waals surface area contributed by atoms with Gasteiger partial charge in [-0.15, -0.1) is 11.8 Å². The van der Waals surface area contributed by atoms with Gasteiger partial charge in [0.1, 0.15) is 0 Å². The number of nitrogens with two attached hydrogens (primary N) is 1. The van der Waals surface area contributed by atoms with E-state index in [0.29, 0.717) is 0 Å². The lowest BCUT2D eigenvalue weighted by molar-refractivity contribution is -0.120. The molecule has 1 atom stereocenters. The van der Waals surface area contributed by atoms with Gasteiger partial charge in [-0.05, 0) is 25.0 Å². The number of thioether (sulfide) groups is 1. The first-order valence-corrected chi connectivity index (χ1v) is 6.61. The highest BCUT2D eigenvalue weighted by Gasteiger charge is 2.24. The molecule has 0 aliphatic carbocycles. The van der Waals surface area contributed by atoms with E-state index < -0.39 is 6.03 Å². The minimum Gasteiger partial charge on any atom is -0.351 e. The van der Waals surface area contributed by atoms with E-state index in [1.807, 2.05) is 45.0 Å². The van der Waals surface area contributed by atoms with Crippen LogP contribution in [0.15, 0.2) is 29.2 Å². The second-order valence-electron chi connectivity index (χ2n) is 4.45. The number of hydrogen-bond donors (Lipinski definition) is 2. The number of carbonyl (C=O) groups excluding carboxylic acids is 2. The molecule has 3 amide bonds. The lowest BCUT2D eigenvalue weighted by Crippen LogP contribution is -2.42. The van der Waals surface area contributed by atoms with E-state index in [9.17, 15) is 9.59 Å². The van der Waals surface area contributed by atoms with Gasteiger partial charge in [0.05, 0.1) is 5.25 Å². The van der Waals surface area contributed by atoms with Crippen molar-refractivity contribution >= 4 is 23.7 Å². The molecule has 1 aromatic carbocycles. The highest BCUT2D eigenvalue weighted by molar-refractivity contribution is 8.00. The van der Waals surface area contributed by atoms with E-state index in [4.69, 9.17) is 5.73 Å². The van der Waals surface area contributed by atoms with Crippen molar-refractivity contribution in [3.8, 4) is 0 Å². The number of nitrogens with one attached hydrogen (secondary N) is 1. The molecule has 0 unspecified atom stereocenters. The maximum Gasteiger partial charge on any atom is 0.318 e. The quantitative estimate of drug-likeness (QED) is 0.821. The lowest BCUT2D eigenvalue weighted by Gasteiger charge is -2.18. The summed E-state index contributed by atoms with van der Waals surface area (Å²) in [5, 5.41) is 1.80. The minimum atomic E-state index is -0.810. The molecule has 1 rings (SSSR count). The number of aryl methyl sites for hydroxylation is 1. The number of urea groups is 1. The summed E-state index contributed by atoms with van der Waals surface area (Å²) in [6.07, 6.45) is 0. The summed E-state index contributed by atoms with van der Waals surface area (Å²) in [6.45, 7) is 5.87. The van der Waals surface area contributed by atoms with Crippen molar-refractivity contribution in [2.45, 2.75) is 30.9 Å². The number of rotatable bonds is 4. The van der Waals surface area contributed by atoms with Crippen molar-refractivity contribution in [3.05, 3.63) is 29.8 Å². The van der Waals surface area contributed by atoms with Crippen molar-refractivity contribution < 1.29 is 9.59 Å². The van der Waals surface area contributed by atoms with Crippen molar-refractivity contribution in [2.24, 2.45) is 11.7 Å². The van der Waals surface area contributed by atoms with Crippen LogP contribution >= 0.6 is 11.8 Å². The summed E-state index contributed by atoms with van der Waals surface area (Å²) in [7, 11) is 0. The first kappa shape index (κ1) is 14.6. The van der Waals surface area contributed by atoms with Gasteiger partial charge in [-0.1, -0.05) is 31.5 Å². The van der Waals surface area contributed by atoms with Crippen LogP contribution in [-0.2, 0) is 4.79 Å². The molecule has 4 nitrogen and oxygen atoms in total. The Hall–Kier alpha value is -1.49. The zero-order valence-electron chi connectivity index (χ0n) is 10.8. The Balaban J connectivity index is 2.80.